The molecule has 3 nitrogen and oxygen atoms in total. The van der Waals surface area contributed by atoms with Crippen LogP contribution in [0.2, 0.25) is 0 Å². The van der Waals surface area contributed by atoms with E-state index in [1.807, 2.05) is 0 Å². The molecule has 0 spiro atoms. The van der Waals surface area contributed by atoms with E-state index in [9.17, 15) is 0 Å². The van der Waals surface area contributed by atoms with Gasteiger partial charge in [-0.3, -0.25) is 0 Å². The van der Waals surface area contributed by atoms with E-state index in [0.29, 0.717) is 0 Å². The summed E-state index contributed by atoms with van der Waals surface area (Å²) in [6.45, 7) is 6.87. The number of benzene rings is 17. The van der Waals surface area contributed by atoms with Crippen LogP contribution in [-0.2, 0) is 5.41 Å². The van der Waals surface area contributed by atoms with Crippen molar-refractivity contribution in [3.63, 3.8) is 0 Å². The molecule has 20 rings (SSSR count). The number of nitrogens with zero attached hydrogens (tertiary/aromatic N) is 2. The van der Waals surface area contributed by atoms with Gasteiger partial charge in [-0.2, -0.15) is 0 Å². The Bertz CT molecular complexity index is 6290. The first-order valence-electron chi connectivity index (χ1n) is 36.9. The van der Waals surface area contributed by atoms with Crippen molar-refractivity contribution in [2.24, 2.45) is 0 Å². The topological polar surface area (TPSA) is 19.6 Å². The normalized spacial score (nSPS) is 12.4. The lowest BCUT2D eigenvalue weighted by Crippen LogP contribution is -2.61. The molecule has 0 N–H and O–H groups in total. The van der Waals surface area contributed by atoms with Gasteiger partial charge in [0.1, 0.15) is 11.2 Å². The number of para-hydroxylation sites is 1. The molecule has 106 heavy (non-hydrogen) atoms. The standard InChI is InChI=1S/C102H71BN2O/c1-102(2,3)78-64-93-99-94(65-78)105(101-87(70-39-19-8-20-40-70)59-77(67-33-13-5-14-34-67)60-88(101)71-41-21-9-22-42-71)92-62-75(98-83-48-27-25-46-81(83)97(72-43-23-10-24-44-72)82-47-26-28-49-84(82)98)52-55-89(92)103(99)90-61-73(74-51-54-80-79-45-29-30-50-95(79)106-96(80)63-74)53-56-91(90)104(93)100-85(68-35-15-6-16-36-68)57-76(66-31-11-4-12-32-66)58-86(100)69-37-17-7-18-38-69/h4-65H,1-3H3. The summed E-state index contributed by atoms with van der Waals surface area (Å²) in [6.07, 6.45) is 0. The number of hydrogen-bond donors (Lipinski definition) is 0. The summed E-state index contributed by atoms with van der Waals surface area (Å²) < 4.78 is 6.74. The smallest absolute Gasteiger partial charge is 0.252 e. The van der Waals surface area contributed by atoms with Gasteiger partial charge < -0.3 is 14.2 Å². The Morgan fingerprint density at radius 1 is 0.236 bits per heavy atom. The summed E-state index contributed by atoms with van der Waals surface area (Å²) in [5.74, 6) is 0. The van der Waals surface area contributed by atoms with Crippen LogP contribution in [-0.4, -0.2) is 6.71 Å². The van der Waals surface area contributed by atoms with E-state index >= 15 is 0 Å². The van der Waals surface area contributed by atoms with Crippen LogP contribution in [0.5, 0.6) is 0 Å². The fourth-order valence-electron chi connectivity index (χ4n) is 17.2. The SMILES string of the molecule is CC(C)(C)c1cc2c3c(c1)N(c1c(-c4ccccc4)cc(-c4ccccc4)cc1-c1ccccc1)c1cc(-c4c5ccccc5c(-c5ccccc5)c5ccccc45)ccc1B3c1cc(-c3ccc4c(c3)oc3ccccc34)ccc1N2c1c(-c2ccccc2)cc(-c2ccccc2)cc1-c1ccccc1. The molecule has 4 heteroatoms. The molecule has 0 amide bonds. The largest absolute Gasteiger partial charge is 0.456 e. The first-order chi connectivity index (χ1) is 52.2. The van der Waals surface area contributed by atoms with Gasteiger partial charge >= 0.3 is 0 Å². The van der Waals surface area contributed by atoms with Crippen molar-refractivity contribution in [1.82, 2.24) is 0 Å². The molecule has 1 aromatic heterocycles. The minimum absolute atomic E-state index is 0.290. The number of hydrogen-bond acceptors (Lipinski definition) is 3. The Morgan fingerprint density at radius 3 is 1.05 bits per heavy atom. The van der Waals surface area contributed by atoms with Crippen LogP contribution in [0.3, 0.4) is 0 Å². The zero-order valence-corrected chi connectivity index (χ0v) is 59.2. The van der Waals surface area contributed by atoms with E-state index in [1.54, 1.807) is 0 Å². The Balaban J connectivity index is 0.959. The van der Waals surface area contributed by atoms with Crippen LogP contribution < -0.4 is 26.2 Å². The molecule has 3 heterocycles. The van der Waals surface area contributed by atoms with Gasteiger partial charge in [0, 0.05) is 55.8 Å². The zero-order valence-electron chi connectivity index (χ0n) is 59.2. The average molecular weight is 1350 g/mol. The van der Waals surface area contributed by atoms with Crippen molar-refractivity contribution in [2.75, 3.05) is 9.80 Å². The van der Waals surface area contributed by atoms with Gasteiger partial charge in [0.05, 0.1) is 11.4 Å². The molecule has 0 fully saturated rings. The molecule has 17 aromatic carbocycles. The molecule has 2 aliphatic heterocycles. The summed E-state index contributed by atoms with van der Waals surface area (Å²) in [5, 5.41) is 7.05. The van der Waals surface area contributed by atoms with E-state index in [0.717, 1.165) is 140 Å². The zero-order chi connectivity index (χ0) is 70.6. The maximum absolute atomic E-state index is 6.74. The molecule has 0 saturated carbocycles. The Labute approximate surface area is 618 Å². The lowest BCUT2D eigenvalue weighted by Gasteiger charge is -2.46. The molecule has 0 aliphatic carbocycles. The summed E-state index contributed by atoms with van der Waals surface area (Å²) in [7, 11) is 0. The van der Waals surface area contributed by atoms with Gasteiger partial charge in [-0.05, 0) is 194 Å². The third-order valence-corrected chi connectivity index (χ3v) is 22.1. The summed E-state index contributed by atoms with van der Waals surface area (Å²) >= 11 is 0. The molecule has 498 valence electrons. The van der Waals surface area contributed by atoms with E-state index in [1.165, 1.54) is 60.2 Å². The van der Waals surface area contributed by atoms with Crippen LogP contribution in [0.1, 0.15) is 26.3 Å². The van der Waals surface area contributed by atoms with Crippen molar-refractivity contribution in [2.45, 2.75) is 26.2 Å². The number of rotatable bonds is 11. The molecular weight excluding hydrogens is 1280 g/mol. The van der Waals surface area contributed by atoms with E-state index in [4.69, 9.17) is 4.42 Å². The van der Waals surface area contributed by atoms with Gasteiger partial charge in [0.25, 0.3) is 6.71 Å². The highest BCUT2D eigenvalue weighted by Crippen LogP contribution is 2.56. The summed E-state index contributed by atoms with van der Waals surface area (Å²) in [5.41, 5.74) is 33.5. The van der Waals surface area contributed by atoms with Crippen molar-refractivity contribution in [3.8, 4) is 100 Å². The first-order valence-corrected chi connectivity index (χ1v) is 36.9. The van der Waals surface area contributed by atoms with Crippen LogP contribution >= 0.6 is 0 Å². The minimum atomic E-state index is -0.346. The van der Waals surface area contributed by atoms with Gasteiger partial charge in [-0.1, -0.05) is 330 Å². The predicted octanol–water partition coefficient (Wildman–Crippen LogP) is 26.3. The quantitative estimate of drug-likeness (QED) is 0.0950. The maximum atomic E-state index is 6.74. The summed E-state index contributed by atoms with van der Waals surface area (Å²) in [4.78, 5) is 5.41. The average Bonchev–Trinajstić information content (AvgIpc) is 0.769. The lowest BCUT2D eigenvalue weighted by molar-refractivity contribution is 0.590. The Morgan fingerprint density at radius 2 is 0.594 bits per heavy atom. The van der Waals surface area contributed by atoms with Crippen molar-refractivity contribution >= 4 is 101 Å². The molecule has 2 aliphatic rings. The Kier molecular flexibility index (Phi) is 14.9. The third-order valence-electron chi connectivity index (χ3n) is 22.1. The van der Waals surface area contributed by atoms with Crippen LogP contribution in [0.25, 0.3) is 144 Å². The van der Waals surface area contributed by atoms with Gasteiger partial charge in [0.2, 0.25) is 0 Å². The molecule has 0 bridgehead atoms. The Hall–Kier alpha value is -13.3. The second-order valence-electron chi connectivity index (χ2n) is 29.4. The van der Waals surface area contributed by atoms with E-state index < -0.39 is 0 Å². The van der Waals surface area contributed by atoms with Crippen LogP contribution in [0.15, 0.2) is 381 Å². The molecule has 0 unspecified atom stereocenters. The number of anilines is 6. The first kappa shape index (κ1) is 62.5. The monoisotopic (exact) mass is 1350 g/mol. The second-order valence-corrected chi connectivity index (χ2v) is 29.4. The molecule has 0 radical (unpaired) electrons. The van der Waals surface area contributed by atoms with Crippen molar-refractivity contribution < 1.29 is 4.42 Å². The van der Waals surface area contributed by atoms with Crippen LogP contribution in [0.4, 0.5) is 34.1 Å². The number of fused-ring (bicyclic) bond motifs is 9. The molecule has 0 saturated heterocycles. The maximum Gasteiger partial charge on any atom is 0.252 e. The predicted molar refractivity (Wildman–Crippen MR) is 450 cm³/mol. The van der Waals surface area contributed by atoms with Crippen LogP contribution in [0, 0.1) is 0 Å². The van der Waals surface area contributed by atoms with Gasteiger partial charge in [-0.25, -0.2) is 0 Å². The van der Waals surface area contributed by atoms with Crippen molar-refractivity contribution in [3.05, 3.63) is 382 Å². The van der Waals surface area contributed by atoms with E-state index in [2.05, 4.69) is 407 Å². The second kappa shape index (κ2) is 25.3. The third kappa shape index (κ3) is 10.4. The minimum Gasteiger partial charge on any atom is -0.456 e. The lowest BCUT2D eigenvalue weighted by atomic mass is 9.33. The summed E-state index contributed by atoms with van der Waals surface area (Å²) in [6, 6.07) is 140. The fraction of sp³-hybridized carbons (Fsp3) is 0.0392. The van der Waals surface area contributed by atoms with E-state index in [-0.39, 0.29) is 12.1 Å². The van der Waals surface area contributed by atoms with Gasteiger partial charge in [-0.15, -0.1) is 0 Å². The molecule has 18 aromatic rings. The molecular formula is C102H71BN2O. The van der Waals surface area contributed by atoms with Crippen molar-refractivity contribution in [1.29, 1.82) is 0 Å². The highest BCUT2D eigenvalue weighted by atomic mass is 16.3. The highest BCUT2D eigenvalue weighted by Gasteiger charge is 2.46. The highest BCUT2D eigenvalue weighted by molar-refractivity contribution is 7.00. The molecule has 0 atom stereocenters. The van der Waals surface area contributed by atoms with Gasteiger partial charge in [0.15, 0.2) is 0 Å². The number of furan rings is 1. The fourth-order valence-corrected chi connectivity index (χ4v) is 17.2.